The second kappa shape index (κ2) is 3.71. The van der Waals surface area contributed by atoms with Crippen LogP contribution >= 0.6 is 0 Å². The van der Waals surface area contributed by atoms with Crippen LogP contribution in [0.3, 0.4) is 0 Å². The SMILES string of the molecule is CC1CCN(C[C]=O)CC1. The van der Waals surface area contributed by atoms with Gasteiger partial charge in [-0.1, -0.05) is 6.92 Å². The van der Waals surface area contributed by atoms with Crippen LogP contribution in [0.1, 0.15) is 19.8 Å². The van der Waals surface area contributed by atoms with Crippen molar-refractivity contribution in [3.63, 3.8) is 0 Å². The quantitative estimate of drug-likeness (QED) is 0.566. The van der Waals surface area contributed by atoms with Crippen molar-refractivity contribution in [3.8, 4) is 0 Å². The zero-order chi connectivity index (χ0) is 7.40. The first-order valence-electron chi connectivity index (χ1n) is 3.90. The molecule has 0 atom stereocenters. The maximum atomic E-state index is 9.99. The zero-order valence-corrected chi connectivity index (χ0v) is 6.47. The summed E-state index contributed by atoms with van der Waals surface area (Å²) in [5, 5.41) is 0. The Bertz CT molecular complexity index is 106. The molecule has 2 heteroatoms. The lowest BCUT2D eigenvalue weighted by atomic mass is 9.99. The maximum Gasteiger partial charge on any atom is 0.213 e. The highest BCUT2D eigenvalue weighted by molar-refractivity contribution is 5.52. The first kappa shape index (κ1) is 7.73. The molecule has 10 heavy (non-hydrogen) atoms. The highest BCUT2D eigenvalue weighted by Gasteiger charge is 2.14. The lowest BCUT2D eigenvalue weighted by Crippen LogP contribution is -2.34. The van der Waals surface area contributed by atoms with Crippen LogP contribution in [0.4, 0.5) is 0 Å². The number of hydrogen-bond donors (Lipinski definition) is 0. The predicted octanol–water partition coefficient (Wildman–Crippen LogP) is 0.828. The van der Waals surface area contributed by atoms with Gasteiger partial charge in [0.2, 0.25) is 6.29 Å². The number of rotatable bonds is 2. The van der Waals surface area contributed by atoms with Crippen molar-refractivity contribution in [3.05, 3.63) is 0 Å². The van der Waals surface area contributed by atoms with Gasteiger partial charge >= 0.3 is 0 Å². The monoisotopic (exact) mass is 140 g/mol. The fourth-order valence-electron chi connectivity index (χ4n) is 1.31. The van der Waals surface area contributed by atoms with Crippen LogP contribution in [0.2, 0.25) is 0 Å². The maximum absolute atomic E-state index is 9.99. The Hall–Kier alpha value is -0.370. The van der Waals surface area contributed by atoms with E-state index in [1.54, 1.807) is 0 Å². The molecule has 0 aromatic rings. The van der Waals surface area contributed by atoms with Crippen LogP contribution in [0.15, 0.2) is 0 Å². The molecule has 57 valence electrons. The van der Waals surface area contributed by atoms with E-state index in [1.165, 1.54) is 12.8 Å². The Morgan fingerprint density at radius 3 is 2.60 bits per heavy atom. The van der Waals surface area contributed by atoms with Gasteiger partial charge in [-0.05, 0) is 31.8 Å². The summed E-state index contributed by atoms with van der Waals surface area (Å²) in [5.41, 5.74) is 0. The molecule has 0 saturated carbocycles. The van der Waals surface area contributed by atoms with Gasteiger partial charge in [-0.3, -0.25) is 9.69 Å². The molecule has 1 saturated heterocycles. The van der Waals surface area contributed by atoms with Gasteiger partial charge in [0.25, 0.3) is 0 Å². The second-order valence-corrected chi connectivity index (χ2v) is 3.10. The average Bonchev–Trinajstić information content (AvgIpc) is 1.95. The first-order valence-corrected chi connectivity index (χ1v) is 3.90. The van der Waals surface area contributed by atoms with Gasteiger partial charge in [0, 0.05) is 0 Å². The molecule has 1 radical (unpaired) electrons. The van der Waals surface area contributed by atoms with E-state index in [0.717, 1.165) is 19.0 Å². The average molecular weight is 140 g/mol. The summed E-state index contributed by atoms with van der Waals surface area (Å²) in [5.74, 6) is 0.850. The summed E-state index contributed by atoms with van der Waals surface area (Å²) in [6, 6.07) is 0. The summed E-state index contributed by atoms with van der Waals surface area (Å²) < 4.78 is 0. The largest absolute Gasteiger partial charge is 0.296 e. The molecule has 0 amide bonds. The molecule has 0 bridgehead atoms. The highest BCUT2D eigenvalue weighted by Crippen LogP contribution is 2.14. The molecule has 1 fully saturated rings. The molecule has 0 unspecified atom stereocenters. The van der Waals surface area contributed by atoms with E-state index >= 15 is 0 Å². The molecule has 0 aliphatic carbocycles. The minimum atomic E-state index is 0.507. The van der Waals surface area contributed by atoms with Gasteiger partial charge in [0.15, 0.2) is 0 Å². The van der Waals surface area contributed by atoms with E-state index in [2.05, 4.69) is 11.8 Å². The molecule has 2 nitrogen and oxygen atoms in total. The molecule has 0 N–H and O–H groups in total. The third-order valence-corrected chi connectivity index (χ3v) is 2.16. The third-order valence-electron chi connectivity index (χ3n) is 2.16. The zero-order valence-electron chi connectivity index (χ0n) is 6.47. The topological polar surface area (TPSA) is 20.3 Å². The van der Waals surface area contributed by atoms with Crippen LogP contribution in [0.5, 0.6) is 0 Å². The number of piperidine rings is 1. The summed E-state index contributed by atoms with van der Waals surface area (Å²) in [6.45, 7) is 4.93. The Labute approximate surface area is 62.2 Å². The van der Waals surface area contributed by atoms with Crippen molar-refractivity contribution in [1.82, 2.24) is 4.90 Å². The van der Waals surface area contributed by atoms with E-state index in [9.17, 15) is 4.79 Å². The van der Waals surface area contributed by atoms with Crippen LogP contribution in [-0.4, -0.2) is 30.8 Å². The van der Waals surface area contributed by atoms with Gasteiger partial charge in [0.05, 0.1) is 6.54 Å². The normalized spacial score (nSPS) is 22.9. The molecule has 1 rings (SSSR count). The molecule has 0 aromatic heterocycles. The fraction of sp³-hybridized carbons (Fsp3) is 0.875. The van der Waals surface area contributed by atoms with Gasteiger partial charge in [-0.2, -0.15) is 0 Å². The minimum Gasteiger partial charge on any atom is -0.296 e. The Morgan fingerprint density at radius 1 is 1.50 bits per heavy atom. The van der Waals surface area contributed by atoms with Crippen molar-refractivity contribution in [2.24, 2.45) is 5.92 Å². The Morgan fingerprint density at radius 2 is 2.10 bits per heavy atom. The molecule has 0 spiro atoms. The summed E-state index contributed by atoms with van der Waals surface area (Å²) >= 11 is 0. The lowest BCUT2D eigenvalue weighted by molar-refractivity contribution is 0.214. The summed E-state index contributed by atoms with van der Waals surface area (Å²) in [7, 11) is 0. The highest BCUT2D eigenvalue weighted by atomic mass is 16.1. The molecule has 0 aromatic carbocycles. The van der Waals surface area contributed by atoms with Crippen LogP contribution in [0.25, 0.3) is 0 Å². The van der Waals surface area contributed by atoms with Crippen molar-refractivity contribution < 1.29 is 4.79 Å². The molecule has 1 aliphatic heterocycles. The smallest absolute Gasteiger partial charge is 0.213 e. The third kappa shape index (κ3) is 2.10. The lowest BCUT2D eigenvalue weighted by Gasteiger charge is -2.27. The first-order chi connectivity index (χ1) is 4.83. The minimum absolute atomic E-state index is 0.507. The van der Waals surface area contributed by atoms with Gasteiger partial charge < -0.3 is 0 Å². The van der Waals surface area contributed by atoms with E-state index in [0.29, 0.717) is 6.54 Å². The van der Waals surface area contributed by atoms with Crippen molar-refractivity contribution >= 4 is 6.29 Å². The Balaban J connectivity index is 2.19. The standard InChI is InChI=1S/C8H14NO/c1-8-2-4-9(5-3-8)6-7-10/h8H,2-6H2,1H3. The Kier molecular flexibility index (Phi) is 2.87. The number of hydrogen-bond acceptors (Lipinski definition) is 2. The number of likely N-dealkylation sites (tertiary alicyclic amines) is 1. The number of carbonyl (C=O) groups excluding carboxylic acids is 1. The number of nitrogens with zero attached hydrogens (tertiary/aromatic N) is 1. The van der Waals surface area contributed by atoms with Crippen LogP contribution in [-0.2, 0) is 4.79 Å². The van der Waals surface area contributed by atoms with E-state index in [1.807, 2.05) is 6.29 Å². The van der Waals surface area contributed by atoms with Crippen LogP contribution in [0, 0.1) is 5.92 Å². The second-order valence-electron chi connectivity index (χ2n) is 3.10. The van der Waals surface area contributed by atoms with Crippen molar-refractivity contribution in [2.45, 2.75) is 19.8 Å². The molecule has 1 aliphatic rings. The van der Waals surface area contributed by atoms with Crippen LogP contribution < -0.4 is 0 Å². The predicted molar refractivity (Wildman–Crippen MR) is 40.5 cm³/mol. The fourth-order valence-corrected chi connectivity index (χ4v) is 1.31. The van der Waals surface area contributed by atoms with Gasteiger partial charge in [-0.15, -0.1) is 0 Å². The van der Waals surface area contributed by atoms with Crippen molar-refractivity contribution in [1.29, 1.82) is 0 Å². The summed E-state index contributed by atoms with van der Waals surface area (Å²) in [4.78, 5) is 12.1. The molecular formula is C8H14NO. The van der Waals surface area contributed by atoms with Crippen molar-refractivity contribution in [2.75, 3.05) is 19.6 Å². The molecule has 1 heterocycles. The van der Waals surface area contributed by atoms with Gasteiger partial charge in [-0.25, -0.2) is 0 Å². The van der Waals surface area contributed by atoms with E-state index in [4.69, 9.17) is 0 Å². The molecular weight excluding hydrogens is 126 g/mol. The summed E-state index contributed by atoms with van der Waals surface area (Å²) in [6.07, 6.45) is 4.40. The van der Waals surface area contributed by atoms with Gasteiger partial charge in [0.1, 0.15) is 0 Å². The van der Waals surface area contributed by atoms with E-state index in [-0.39, 0.29) is 0 Å². The van der Waals surface area contributed by atoms with E-state index < -0.39 is 0 Å².